The molecule has 0 aromatic rings. The quantitative estimate of drug-likeness (QED) is 0.626. The molecule has 0 fully saturated rings. The highest BCUT2D eigenvalue weighted by atomic mass is 16.5. The molecule has 5 heteroatoms. The Morgan fingerprint density at radius 3 is 2.50 bits per heavy atom. The van der Waals surface area contributed by atoms with Gasteiger partial charge in [-0.1, -0.05) is 0 Å². The van der Waals surface area contributed by atoms with Gasteiger partial charge in [0, 0.05) is 6.54 Å². The van der Waals surface area contributed by atoms with Gasteiger partial charge in [-0.3, -0.25) is 4.79 Å². The lowest BCUT2D eigenvalue weighted by molar-refractivity contribution is -0.122. The molecule has 0 spiro atoms. The fourth-order valence-electron chi connectivity index (χ4n) is 0.629. The molecule has 0 heterocycles. The van der Waals surface area contributed by atoms with Crippen LogP contribution in [0, 0.1) is 0 Å². The fourth-order valence-corrected chi connectivity index (χ4v) is 0.629. The molecular formula is C7H14N2O3. The van der Waals surface area contributed by atoms with Crippen LogP contribution in [0.25, 0.3) is 0 Å². The number of amides is 2. The number of carbonyl (C=O) groups is 2. The van der Waals surface area contributed by atoms with Crippen molar-refractivity contribution in [2.45, 2.75) is 19.9 Å². The lowest BCUT2D eigenvalue weighted by atomic mass is 10.3. The molecule has 2 N–H and O–H groups in total. The molecule has 0 aliphatic rings. The van der Waals surface area contributed by atoms with E-state index in [1.165, 1.54) is 7.11 Å². The van der Waals surface area contributed by atoms with E-state index >= 15 is 0 Å². The minimum absolute atomic E-state index is 0.220. The largest absolute Gasteiger partial charge is 0.453 e. The van der Waals surface area contributed by atoms with Gasteiger partial charge in [0.1, 0.15) is 6.04 Å². The molecule has 0 aliphatic carbocycles. The van der Waals surface area contributed by atoms with Crippen molar-refractivity contribution in [1.29, 1.82) is 0 Å². The summed E-state index contributed by atoms with van der Waals surface area (Å²) in [6, 6.07) is -0.558. The molecule has 0 bridgehead atoms. The normalized spacial score (nSPS) is 11.6. The molecule has 0 saturated carbocycles. The predicted octanol–water partition coefficient (Wildman–Crippen LogP) is -0.133. The SMILES string of the molecule is CCNC(=O)C(C)NC(=O)OC. The van der Waals surface area contributed by atoms with Gasteiger partial charge in [0.2, 0.25) is 5.91 Å². The lowest BCUT2D eigenvalue weighted by Crippen LogP contribution is -2.44. The van der Waals surface area contributed by atoms with Gasteiger partial charge < -0.3 is 15.4 Å². The molecule has 5 nitrogen and oxygen atoms in total. The van der Waals surface area contributed by atoms with E-state index in [0.29, 0.717) is 6.54 Å². The van der Waals surface area contributed by atoms with Crippen LogP contribution >= 0.6 is 0 Å². The van der Waals surface area contributed by atoms with Crippen LogP contribution in [0.4, 0.5) is 4.79 Å². The Morgan fingerprint density at radius 2 is 2.08 bits per heavy atom. The van der Waals surface area contributed by atoms with Gasteiger partial charge in [-0.05, 0) is 13.8 Å². The third-order valence-electron chi connectivity index (χ3n) is 1.26. The number of nitrogens with one attached hydrogen (secondary N) is 2. The Labute approximate surface area is 71.5 Å². The van der Waals surface area contributed by atoms with Gasteiger partial charge in [-0.2, -0.15) is 0 Å². The molecule has 0 aromatic heterocycles. The molecule has 0 rings (SSSR count). The van der Waals surface area contributed by atoms with E-state index in [1.54, 1.807) is 6.92 Å². The second-order valence-electron chi connectivity index (χ2n) is 2.25. The first kappa shape index (κ1) is 10.7. The van der Waals surface area contributed by atoms with Crippen LogP contribution in [0.2, 0.25) is 0 Å². The third kappa shape index (κ3) is 3.80. The monoisotopic (exact) mass is 174 g/mol. The zero-order valence-corrected chi connectivity index (χ0v) is 7.51. The summed E-state index contributed by atoms with van der Waals surface area (Å²) < 4.78 is 4.32. The fraction of sp³-hybridized carbons (Fsp3) is 0.714. The van der Waals surface area contributed by atoms with Gasteiger partial charge in [-0.15, -0.1) is 0 Å². The summed E-state index contributed by atoms with van der Waals surface area (Å²) in [5, 5.41) is 4.91. The molecule has 0 aromatic carbocycles. The van der Waals surface area contributed by atoms with Crippen LogP contribution in [-0.4, -0.2) is 31.7 Å². The summed E-state index contributed by atoms with van der Waals surface area (Å²) in [5.74, 6) is -0.220. The van der Waals surface area contributed by atoms with Crippen molar-refractivity contribution in [3.8, 4) is 0 Å². The number of alkyl carbamates (subject to hydrolysis) is 1. The van der Waals surface area contributed by atoms with Crippen LogP contribution in [-0.2, 0) is 9.53 Å². The molecular weight excluding hydrogens is 160 g/mol. The lowest BCUT2D eigenvalue weighted by Gasteiger charge is -2.11. The number of hydrogen-bond acceptors (Lipinski definition) is 3. The molecule has 1 atom stereocenters. The molecule has 1 unspecified atom stereocenters. The molecule has 0 saturated heterocycles. The summed E-state index contributed by atoms with van der Waals surface area (Å²) in [5.41, 5.74) is 0. The number of ether oxygens (including phenoxy) is 1. The Balaban J connectivity index is 3.78. The van der Waals surface area contributed by atoms with Gasteiger partial charge in [0.15, 0.2) is 0 Å². The number of carbonyl (C=O) groups excluding carboxylic acids is 2. The maximum atomic E-state index is 11.0. The first-order chi connectivity index (χ1) is 5.61. The Bertz CT molecular complexity index is 170. The maximum Gasteiger partial charge on any atom is 0.407 e. The Kier molecular flexibility index (Phi) is 4.83. The highest BCUT2D eigenvalue weighted by Crippen LogP contribution is 1.82. The number of hydrogen-bond donors (Lipinski definition) is 2. The highest BCUT2D eigenvalue weighted by Gasteiger charge is 2.13. The van der Waals surface area contributed by atoms with E-state index in [4.69, 9.17) is 0 Å². The average molecular weight is 174 g/mol. The van der Waals surface area contributed by atoms with Crippen LogP contribution in [0.5, 0.6) is 0 Å². The van der Waals surface area contributed by atoms with E-state index in [0.717, 1.165) is 0 Å². The molecule has 70 valence electrons. The van der Waals surface area contributed by atoms with Crippen molar-refractivity contribution in [3.63, 3.8) is 0 Å². The zero-order chi connectivity index (χ0) is 9.56. The van der Waals surface area contributed by atoms with Crippen molar-refractivity contribution < 1.29 is 14.3 Å². The van der Waals surface area contributed by atoms with Crippen molar-refractivity contribution in [1.82, 2.24) is 10.6 Å². The summed E-state index contributed by atoms with van der Waals surface area (Å²) in [4.78, 5) is 21.6. The first-order valence-electron chi connectivity index (χ1n) is 3.74. The van der Waals surface area contributed by atoms with Crippen LogP contribution < -0.4 is 10.6 Å². The summed E-state index contributed by atoms with van der Waals surface area (Å²) >= 11 is 0. The molecule has 2 amide bonds. The number of likely N-dealkylation sites (N-methyl/N-ethyl adjacent to an activating group) is 1. The van der Waals surface area contributed by atoms with E-state index < -0.39 is 12.1 Å². The Morgan fingerprint density at radius 1 is 1.50 bits per heavy atom. The second kappa shape index (κ2) is 5.40. The molecule has 0 radical (unpaired) electrons. The van der Waals surface area contributed by atoms with Gasteiger partial charge >= 0.3 is 6.09 Å². The van der Waals surface area contributed by atoms with E-state index in [-0.39, 0.29) is 5.91 Å². The number of methoxy groups -OCH3 is 1. The summed E-state index contributed by atoms with van der Waals surface area (Å²) in [6.45, 7) is 3.94. The minimum atomic E-state index is -0.603. The van der Waals surface area contributed by atoms with Crippen LogP contribution in [0.15, 0.2) is 0 Å². The number of rotatable bonds is 3. The van der Waals surface area contributed by atoms with Crippen molar-refractivity contribution in [2.24, 2.45) is 0 Å². The molecule has 0 aliphatic heterocycles. The highest BCUT2D eigenvalue weighted by molar-refractivity contribution is 5.85. The Hall–Kier alpha value is -1.26. The van der Waals surface area contributed by atoms with E-state index in [9.17, 15) is 9.59 Å². The van der Waals surface area contributed by atoms with Crippen molar-refractivity contribution in [2.75, 3.05) is 13.7 Å². The summed E-state index contributed by atoms with van der Waals surface area (Å²) in [6.07, 6.45) is -0.603. The third-order valence-corrected chi connectivity index (χ3v) is 1.26. The van der Waals surface area contributed by atoms with Crippen molar-refractivity contribution >= 4 is 12.0 Å². The molecule has 12 heavy (non-hydrogen) atoms. The van der Waals surface area contributed by atoms with Crippen LogP contribution in [0.3, 0.4) is 0 Å². The van der Waals surface area contributed by atoms with Crippen molar-refractivity contribution in [3.05, 3.63) is 0 Å². The van der Waals surface area contributed by atoms with Gasteiger partial charge in [-0.25, -0.2) is 4.79 Å². The first-order valence-corrected chi connectivity index (χ1v) is 3.74. The maximum absolute atomic E-state index is 11.0. The van der Waals surface area contributed by atoms with Gasteiger partial charge in [0.05, 0.1) is 7.11 Å². The second-order valence-corrected chi connectivity index (χ2v) is 2.25. The van der Waals surface area contributed by atoms with E-state index in [1.807, 2.05) is 6.92 Å². The minimum Gasteiger partial charge on any atom is -0.453 e. The average Bonchev–Trinajstić information content (AvgIpc) is 2.04. The smallest absolute Gasteiger partial charge is 0.407 e. The van der Waals surface area contributed by atoms with E-state index in [2.05, 4.69) is 15.4 Å². The predicted molar refractivity (Wildman–Crippen MR) is 43.7 cm³/mol. The standard InChI is InChI=1S/C7H14N2O3/c1-4-8-6(10)5(2)9-7(11)12-3/h5H,4H2,1-3H3,(H,8,10)(H,9,11). The zero-order valence-electron chi connectivity index (χ0n) is 7.51. The van der Waals surface area contributed by atoms with Gasteiger partial charge in [0.25, 0.3) is 0 Å². The summed E-state index contributed by atoms with van der Waals surface area (Å²) in [7, 11) is 1.25. The topological polar surface area (TPSA) is 67.4 Å². The van der Waals surface area contributed by atoms with Crippen LogP contribution in [0.1, 0.15) is 13.8 Å².